The van der Waals surface area contributed by atoms with Gasteiger partial charge in [0.2, 0.25) is 0 Å². The molecule has 2 aliphatic rings. The minimum Gasteiger partial charge on any atom is -0.372 e. The summed E-state index contributed by atoms with van der Waals surface area (Å²) in [5.41, 5.74) is 3.68. The van der Waals surface area contributed by atoms with Crippen LogP contribution in [0.4, 0.5) is 11.4 Å². The Kier molecular flexibility index (Phi) is 7.33. The van der Waals surface area contributed by atoms with Crippen molar-refractivity contribution in [2.24, 2.45) is 0 Å². The Bertz CT molecular complexity index is 788. The maximum atomic E-state index is 12.5. The minimum atomic E-state index is -0.118. The molecule has 7 heteroatoms. The zero-order chi connectivity index (χ0) is 19.8. The molecule has 1 saturated heterocycles. The lowest BCUT2D eigenvalue weighted by molar-refractivity contribution is -0.113. The van der Waals surface area contributed by atoms with Crippen LogP contribution in [0.2, 0.25) is 0 Å². The second-order valence-corrected chi connectivity index (χ2v) is 7.65. The second kappa shape index (κ2) is 10.1. The van der Waals surface area contributed by atoms with Gasteiger partial charge in [0.05, 0.1) is 0 Å². The van der Waals surface area contributed by atoms with Crippen LogP contribution >= 0.6 is 11.8 Å². The monoisotopic (exact) mass is 397 g/mol. The fourth-order valence-corrected chi connectivity index (χ4v) is 4.03. The van der Waals surface area contributed by atoms with E-state index in [1.807, 2.05) is 50.0 Å². The lowest BCUT2D eigenvalue weighted by Gasteiger charge is -2.18. The highest BCUT2D eigenvalue weighted by molar-refractivity contribution is 8.02. The molecule has 1 atom stereocenters. The number of hydrogen-bond donors (Lipinski definition) is 3. The Labute approximate surface area is 170 Å². The first-order chi connectivity index (χ1) is 13.7. The molecule has 3 heterocycles. The molecule has 6 nitrogen and oxygen atoms in total. The van der Waals surface area contributed by atoms with Crippen molar-refractivity contribution in [2.75, 3.05) is 37.4 Å². The van der Waals surface area contributed by atoms with Gasteiger partial charge in [0, 0.05) is 47.8 Å². The molecule has 0 radical (unpaired) electrons. The Morgan fingerprint density at radius 1 is 1.18 bits per heavy atom. The van der Waals surface area contributed by atoms with Crippen LogP contribution in [0.3, 0.4) is 0 Å². The summed E-state index contributed by atoms with van der Waals surface area (Å²) in [4.78, 5) is 19.0. The summed E-state index contributed by atoms with van der Waals surface area (Å²) in [6.07, 6.45) is 6.08. The van der Waals surface area contributed by atoms with Gasteiger partial charge in [-0.2, -0.15) is 0 Å². The fourth-order valence-electron chi connectivity index (χ4n) is 3.09. The number of carbonyl (C=O) groups excluding carboxylic acids is 1. The molecule has 4 rings (SSSR count). The minimum absolute atomic E-state index is 0.0343. The van der Waals surface area contributed by atoms with E-state index in [0.717, 1.165) is 24.3 Å². The molecular weight excluding hydrogens is 370 g/mol. The van der Waals surface area contributed by atoms with E-state index in [2.05, 4.69) is 38.0 Å². The molecule has 2 aliphatic heterocycles. The van der Waals surface area contributed by atoms with Gasteiger partial charge in [-0.05, 0) is 57.3 Å². The topological polar surface area (TPSA) is 69.3 Å². The number of pyridine rings is 1. The first-order valence-corrected chi connectivity index (χ1v) is 10.4. The third-order valence-corrected chi connectivity index (χ3v) is 5.47. The lowest BCUT2D eigenvalue weighted by Crippen LogP contribution is -2.24. The molecule has 1 fully saturated rings. The molecule has 2 aromatic rings. The molecule has 1 aromatic carbocycles. The predicted molar refractivity (Wildman–Crippen MR) is 117 cm³/mol. The number of anilines is 2. The van der Waals surface area contributed by atoms with Gasteiger partial charge in [-0.3, -0.25) is 9.78 Å². The van der Waals surface area contributed by atoms with Crippen LogP contribution in [-0.4, -0.2) is 38.1 Å². The summed E-state index contributed by atoms with van der Waals surface area (Å²) < 4.78 is 0. The molecule has 148 valence electrons. The number of thioether (sulfide) groups is 1. The number of hydrogen-bond acceptors (Lipinski definition) is 6. The summed E-state index contributed by atoms with van der Waals surface area (Å²) >= 11 is 1.58. The van der Waals surface area contributed by atoms with Crippen LogP contribution in [-0.2, 0) is 4.79 Å². The van der Waals surface area contributed by atoms with Gasteiger partial charge in [0.1, 0.15) is 11.1 Å². The fraction of sp³-hybridized carbons (Fsp3) is 0.333. The number of nitrogens with one attached hydrogen (secondary N) is 3. The lowest BCUT2D eigenvalue weighted by atomic mass is 10.2. The van der Waals surface area contributed by atoms with E-state index in [4.69, 9.17) is 0 Å². The maximum absolute atomic E-state index is 12.5. The molecule has 0 bridgehead atoms. The zero-order valence-corrected chi connectivity index (χ0v) is 17.1. The zero-order valence-electron chi connectivity index (χ0n) is 16.3. The number of amides is 1. The SMILES string of the molecule is CNC.O=C(Nc1ccc(N2CCCC2)cc1)C1=CSC(c2cccnc2)N1. The van der Waals surface area contributed by atoms with Gasteiger partial charge < -0.3 is 20.9 Å². The van der Waals surface area contributed by atoms with Crippen molar-refractivity contribution in [2.45, 2.75) is 18.2 Å². The van der Waals surface area contributed by atoms with Crippen molar-refractivity contribution in [3.8, 4) is 0 Å². The largest absolute Gasteiger partial charge is 0.372 e. The Morgan fingerprint density at radius 3 is 2.54 bits per heavy atom. The Morgan fingerprint density at radius 2 is 1.89 bits per heavy atom. The summed E-state index contributed by atoms with van der Waals surface area (Å²) in [5.74, 6) is -0.118. The van der Waals surface area contributed by atoms with Crippen molar-refractivity contribution in [1.82, 2.24) is 15.6 Å². The van der Waals surface area contributed by atoms with Gasteiger partial charge in [0.15, 0.2) is 0 Å². The second-order valence-electron chi connectivity index (χ2n) is 6.67. The third-order valence-electron chi connectivity index (χ3n) is 4.44. The van der Waals surface area contributed by atoms with Crippen LogP contribution in [0.25, 0.3) is 0 Å². The maximum Gasteiger partial charge on any atom is 0.272 e. The van der Waals surface area contributed by atoms with E-state index < -0.39 is 0 Å². The van der Waals surface area contributed by atoms with E-state index in [1.54, 1.807) is 18.0 Å². The first-order valence-electron chi connectivity index (χ1n) is 9.48. The van der Waals surface area contributed by atoms with Gasteiger partial charge >= 0.3 is 0 Å². The molecule has 28 heavy (non-hydrogen) atoms. The predicted octanol–water partition coefficient (Wildman–Crippen LogP) is 3.33. The van der Waals surface area contributed by atoms with Crippen molar-refractivity contribution in [1.29, 1.82) is 0 Å². The highest BCUT2D eigenvalue weighted by Crippen LogP contribution is 2.33. The number of rotatable bonds is 4. The molecular formula is C21H27N5OS. The quantitative estimate of drug-likeness (QED) is 0.735. The van der Waals surface area contributed by atoms with E-state index in [1.165, 1.54) is 18.5 Å². The molecule has 0 saturated carbocycles. The van der Waals surface area contributed by atoms with Gasteiger partial charge in [-0.1, -0.05) is 6.07 Å². The van der Waals surface area contributed by atoms with E-state index in [9.17, 15) is 4.79 Å². The molecule has 0 spiro atoms. The first kappa shape index (κ1) is 20.2. The summed E-state index contributed by atoms with van der Waals surface area (Å²) in [7, 11) is 3.75. The number of nitrogens with zero attached hydrogens (tertiary/aromatic N) is 2. The van der Waals surface area contributed by atoms with Crippen molar-refractivity contribution in [3.05, 3.63) is 65.5 Å². The van der Waals surface area contributed by atoms with Crippen LogP contribution < -0.4 is 20.9 Å². The van der Waals surface area contributed by atoms with Crippen molar-refractivity contribution in [3.63, 3.8) is 0 Å². The highest BCUT2D eigenvalue weighted by atomic mass is 32.2. The Balaban J connectivity index is 0.000000706. The standard InChI is InChI=1S/C19H20N4OS.C2H7N/c24-18(17-13-25-19(22-17)14-4-3-9-20-12-14)21-15-5-7-16(8-6-15)23-10-1-2-11-23;1-3-2/h3-9,12-13,19,22H,1-2,10-11H2,(H,21,24);3H,1-2H3. The van der Waals surface area contributed by atoms with Gasteiger partial charge in [-0.15, -0.1) is 11.8 Å². The third kappa shape index (κ3) is 5.27. The summed E-state index contributed by atoms with van der Waals surface area (Å²) in [6.45, 7) is 2.24. The highest BCUT2D eigenvalue weighted by Gasteiger charge is 2.23. The molecule has 1 unspecified atom stereocenters. The van der Waals surface area contributed by atoms with Crippen LogP contribution in [0, 0.1) is 0 Å². The van der Waals surface area contributed by atoms with Crippen LogP contribution in [0.5, 0.6) is 0 Å². The molecule has 3 N–H and O–H groups in total. The van der Waals surface area contributed by atoms with E-state index in [0.29, 0.717) is 5.70 Å². The molecule has 0 aliphatic carbocycles. The Hall–Kier alpha value is -2.51. The number of aromatic nitrogens is 1. The van der Waals surface area contributed by atoms with Crippen molar-refractivity contribution < 1.29 is 4.79 Å². The molecule has 1 amide bonds. The normalized spacial score (nSPS) is 18.0. The summed E-state index contributed by atoms with van der Waals surface area (Å²) in [6, 6.07) is 12.0. The smallest absolute Gasteiger partial charge is 0.272 e. The van der Waals surface area contributed by atoms with E-state index in [-0.39, 0.29) is 11.3 Å². The van der Waals surface area contributed by atoms with Crippen molar-refractivity contribution >= 4 is 29.0 Å². The van der Waals surface area contributed by atoms with Gasteiger partial charge in [0.25, 0.3) is 5.91 Å². The average Bonchev–Trinajstić information content (AvgIpc) is 3.42. The van der Waals surface area contributed by atoms with Gasteiger partial charge in [-0.25, -0.2) is 0 Å². The number of carbonyl (C=O) groups is 1. The number of benzene rings is 1. The summed E-state index contributed by atoms with van der Waals surface area (Å²) in [5, 5.41) is 10.9. The molecule has 1 aromatic heterocycles. The van der Waals surface area contributed by atoms with Crippen LogP contribution in [0.1, 0.15) is 23.8 Å². The average molecular weight is 398 g/mol. The van der Waals surface area contributed by atoms with E-state index >= 15 is 0 Å². The van der Waals surface area contributed by atoms with Crippen LogP contribution in [0.15, 0.2) is 59.9 Å².